The highest BCUT2D eigenvalue weighted by Crippen LogP contribution is 2.25. The van der Waals surface area contributed by atoms with Gasteiger partial charge in [-0.05, 0) is 62.4 Å². The second-order valence-corrected chi connectivity index (χ2v) is 11.4. The van der Waals surface area contributed by atoms with Crippen molar-refractivity contribution in [2.75, 3.05) is 32.7 Å². The van der Waals surface area contributed by atoms with Crippen LogP contribution in [0.25, 0.3) is 0 Å². The van der Waals surface area contributed by atoms with Crippen LogP contribution in [0.15, 0.2) is 59.5 Å². The molecule has 2 aromatic carbocycles. The van der Waals surface area contributed by atoms with Gasteiger partial charge in [0.05, 0.1) is 4.90 Å². The Labute approximate surface area is 208 Å². The Morgan fingerprint density at radius 1 is 0.857 bits per heavy atom. The minimum atomic E-state index is -3.56. The number of rotatable bonds is 7. The molecule has 0 aliphatic carbocycles. The number of benzene rings is 2. The molecule has 0 bridgehead atoms. The lowest BCUT2D eigenvalue weighted by Crippen LogP contribution is -2.50. The van der Waals surface area contributed by atoms with Crippen LogP contribution >= 0.6 is 0 Å². The van der Waals surface area contributed by atoms with Crippen molar-refractivity contribution in [1.29, 1.82) is 0 Å². The van der Waals surface area contributed by atoms with Crippen LogP contribution < -0.4 is 0 Å². The van der Waals surface area contributed by atoms with Gasteiger partial charge in [0.15, 0.2) is 0 Å². The first kappa shape index (κ1) is 25.4. The molecule has 0 radical (unpaired) electrons. The van der Waals surface area contributed by atoms with Gasteiger partial charge in [0.1, 0.15) is 0 Å². The van der Waals surface area contributed by atoms with Crippen molar-refractivity contribution in [3.63, 3.8) is 0 Å². The SMILES string of the molecule is CC1CCCCN1S(=O)(=O)c1ccc(C(=O)N2CCN(C(=O)CCCc3ccccc3)CC2)cc1. The zero-order chi connectivity index (χ0) is 24.8. The monoisotopic (exact) mass is 497 g/mol. The fourth-order valence-electron chi connectivity index (χ4n) is 4.92. The number of aryl methyl sites for hydroxylation is 1. The molecular formula is C27H35N3O4S. The maximum absolute atomic E-state index is 13.0. The molecule has 2 saturated heterocycles. The second-order valence-electron chi connectivity index (χ2n) is 9.50. The van der Waals surface area contributed by atoms with Gasteiger partial charge < -0.3 is 9.80 Å². The number of hydrogen-bond acceptors (Lipinski definition) is 4. The van der Waals surface area contributed by atoms with Crippen LogP contribution in [0.1, 0.15) is 54.9 Å². The fraction of sp³-hybridized carbons (Fsp3) is 0.481. The predicted molar refractivity (Wildman–Crippen MR) is 136 cm³/mol. The Bertz CT molecular complexity index is 1110. The van der Waals surface area contributed by atoms with E-state index in [0.717, 1.165) is 32.1 Å². The summed E-state index contributed by atoms with van der Waals surface area (Å²) in [5, 5.41) is 0. The molecule has 2 aliphatic rings. The van der Waals surface area contributed by atoms with Crippen molar-refractivity contribution in [3.8, 4) is 0 Å². The van der Waals surface area contributed by atoms with Gasteiger partial charge in [-0.25, -0.2) is 8.42 Å². The summed E-state index contributed by atoms with van der Waals surface area (Å²) in [5.74, 6) is 0.00555. The normalized spacial score (nSPS) is 19.5. The smallest absolute Gasteiger partial charge is 0.253 e. The predicted octanol–water partition coefficient (Wildman–Crippen LogP) is 3.56. The molecule has 8 heteroatoms. The van der Waals surface area contributed by atoms with Gasteiger partial charge in [-0.2, -0.15) is 4.31 Å². The summed E-state index contributed by atoms with van der Waals surface area (Å²) in [7, 11) is -3.56. The summed E-state index contributed by atoms with van der Waals surface area (Å²) >= 11 is 0. The van der Waals surface area contributed by atoms with E-state index in [9.17, 15) is 18.0 Å². The molecule has 2 amide bonds. The zero-order valence-corrected chi connectivity index (χ0v) is 21.3. The first-order valence-corrected chi connectivity index (χ1v) is 14.0. The molecule has 0 saturated carbocycles. The van der Waals surface area contributed by atoms with Crippen molar-refractivity contribution in [1.82, 2.24) is 14.1 Å². The molecule has 188 valence electrons. The van der Waals surface area contributed by atoms with Crippen molar-refractivity contribution in [2.24, 2.45) is 0 Å². The number of hydrogen-bond donors (Lipinski definition) is 0. The van der Waals surface area contributed by atoms with Gasteiger partial charge in [-0.3, -0.25) is 9.59 Å². The van der Waals surface area contributed by atoms with Crippen molar-refractivity contribution in [2.45, 2.75) is 56.4 Å². The lowest BCUT2D eigenvalue weighted by Gasteiger charge is -2.35. The van der Waals surface area contributed by atoms with Gasteiger partial charge in [0.2, 0.25) is 15.9 Å². The largest absolute Gasteiger partial charge is 0.339 e. The lowest BCUT2D eigenvalue weighted by atomic mass is 10.1. The fourth-order valence-corrected chi connectivity index (χ4v) is 6.62. The van der Waals surface area contributed by atoms with Crippen LogP contribution in [-0.4, -0.2) is 73.1 Å². The standard InChI is InChI=1S/C27H35N3O4S/c1-22-8-5-6-17-30(22)35(33,34)25-15-13-24(14-16-25)27(32)29-20-18-28(19-21-29)26(31)12-7-11-23-9-3-2-4-10-23/h2-4,9-10,13-16,22H,5-8,11-12,17-21H2,1H3. The minimum Gasteiger partial charge on any atom is -0.339 e. The molecule has 1 atom stereocenters. The van der Waals surface area contributed by atoms with Gasteiger partial charge in [-0.1, -0.05) is 36.8 Å². The molecule has 0 spiro atoms. The third-order valence-electron chi connectivity index (χ3n) is 7.07. The topological polar surface area (TPSA) is 78.0 Å². The van der Waals surface area contributed by atoms with E-state index in [2.05, 4.69) is 12.1 Å². The highest BCUT2D eigenvalue weighted by molar-refractivity contribution is 7.89. The summed E-state index contributed by atoms with van der Waals surface area (Å²) in [6.45, 7) is 4.50. The molecule has 0 N–H and O–H groups in total. The van der Waals surface area contributed by atoms with E-state index in [1.54, 1.807) is 21.3 Å². The Hall–Kier alpha value is -2.71. The van der Waals surface area contributed by atoms with E-state index in [1.165, 1.54) is 17.7 Å². The van der Waals surface area contributed by atoms with Crippen molar-refractivity contribution >= 4 is 21.8 Å². The van der Waals surface area contributed by atoms with Crippen LogP contribution in [0.2, 0.25) is 0 Å². The van der Waals surface area contributed by atoms with Crippen LogP contribution in [0.5, 0.6) is 0 Å². The summed E-state index contributed by atoms with van der Waals surface area (Å²) in [6, 6.07) is 16.4. The Morgan fingerprint density at radius 3 is 2.17 bits per heavy atom. The van der Waals surface area contributed by atoms with Gasteiger partial charge in [0.25, 0.3) is 5.91 Å². The number of sulfonamides is 1. The van der Waals surface area contributed by atoms with Gasteiger partial charge >= 0.3 is 0 Å². The number of amides is 2. The zero-order valence-electron chi connectivity index (χ0n) is 20.4. The molecule has 4 rings (SSSR count). The third-order valence-corrected chi connectivity index (χ3v) is 9.10. The highest BCUT2D eigenvalue weighted by Gasteiger charge is 2.31. The first-order chi connectivity index (χ1) is 16.9. The maximum Gasteiger partial charge on any atom is 0.253 e. The molecule has 2 aliphatic heterocycles. The van der Waals surface area contributed by atoms with Crippen LogP contribution in [0.4, 0.5) is 0 Å². The van der Waals surface area contributed by atoms with E-state index in [0.29, 0.717) is 44.7 Å². The minimum absolute atomic E-state index is 0.00703. The molecular weight excluding hydrogens is 462 g/mol. The summed E-state index contributed by atoms with van der Waals surface area (Å²) in [4.78, 5) is 29.4. The van der Waals surface area contributed by atoms with E-state index < -0.39 is 10.0 Å². The third kappa shape index (κ3) is 6.11. The van der Waals surface area contributed by atoms with E-state index in [1.807, 2.05) is 30.0 Å². The van der Waals surface area contributed by atoms with Crippen LogP contribution in [-0.2, 0) is 21.2 Å². The first-order valence-electron chi connectivity index (χ1n) is 12.6. The summed E-state index contributed by atoms with van der Waals surface area (Å²) in [5.41, 5.74) is 1.71. The Balaban J connectivity index is 1.27. The second kappa shape index (κ2) is 11.4. The Morgan fingerprint density at radius 2 is 1.51 bits per heavy atom. The molecule has 7 nitrogen and oxygen atoms in total. The van der Waals surface area contributed by atoms with Crippen molar-refractivity contribution in [3.05, 3.63) is 65.7 Å². The summed E-state index contributed by atoms with van der Waals surface area (Å²) in [6.07, 6.45) is 5.00. The number of carbonyl (C=O) groups excluding carboxylic acids is 2. The average Bonchev–Trinajstić information content (AvgIpc) is 2.89. The molecule has 2 heterocycles. The van der Waals surface area contributed by atoms with Crippen molar-refractivity contribution < 1.29 is 18.0 Å². The number of nitrogens with zero attached hydrogens (tertiary/aromatic N) is 3. The average molecular weight is 498 g/mol. The Kier molecular flexibility index (Phi) is 8.23. The van der Waals surface area contributed by atoms with E-state index >= 15 is 0 Å². The summed E-state index contributed by atoms with van der Waals surface area (Å²) < 4.78 is 27.6. The molecule has 2 fully saturated rings. The quantitative estimate of drug-likeness (QED) is 0.586. The highest BCUT2D eigenvalue weighted by atomic mass is 32.2. The molecule has 0 aromatic heterocycles. The maximum atomic E-state index is 13.0. The number of piperidine rings is 1. The van der Waals surface area contributed by atoms with E-state index in [4.69, 9.17) is 0 Å². The van der Waals surface area contributed by atoms with Crippen LogP contribution in [0.3, 0.4) is 0 Å². The van der Waals surface area contributed by atoms with E-state index in [-0.39, 0.29) is 22.8 Å². The molecule has 2 aromatic rings. The molecule has 1 unspecified atom stereocenters. The van der Waals surface area contributed by atoms with Gasteiger partial charge in [-0.15, -0.1) is 0 Å². The number of carbonyl (C=O) groups is 2. The molecule has 35 heavy (non-hydrogen) atoms. The number of piperazine rings is 1. The lowest BCUT2D eigenvalue weighted by molar-refractivity contribution is -0.132. The van der Waals surface area contributed by atoms with Gasteiger partial charge in [0, 0.05) is 50.7 Å². The van der Waals surface area contributed by atoms with Crippen LogP contribution in [0, 0.1) is 0 Å².